The summed E-state index contributed by atoms with van der Waals surface area (Å²) in [6, 6.07) is 4.42. The van der Waals surface area contributed by atoms with Crippen LogP contribution in [0.4, 0.5) is 5.82 Å². The second kappa shape index (κ2) is 5.62. The van der Waals surface area contributed by atoms with Crippen LogP contribution in [0, 0.1) is 11.3 Å². The zero-order valence-corrected chi connectivity index (χ0v) is 10.3. The molecule has 2 rings (SSSR count). The second-order valence-electron chi connectivity index (χ2n) is 4.64. The number of aromatic nitrogens is 2. The van der Waals surface area contributed by atoms with E-state index in [1.165, 1.54) is 38.5 Å². The zero-order chi connectivity index (χ0) is 12.1. The van der Waals surface area contributed by atoms with Gasteiger partial charge in [0.15, 0.2) is 5.82 Å². The van der Waals surface area contributed by atoms with Gasteiger partial charge in [-0.1, -0.05) is 25.7 Å². The summed E-state index contributed by atoms with van der Waals surface area (Å²) in [5.41, 5.74) is 0.617. The van der Waals surface area contributed by atoms with Gasteiger partial charge in [-0.05, 0) is 18.9 Å². The lowest BCUT2D eigenvalue weighted by Gasteiger charge is -2.28. The maximum atomic E-state index is 9.08. The first-order valence-corrected chi connectivity index (χ1v) is 6.27. The smallest absolute Gasteiger partial charge is 0.169 e. The lowest BCUT2D eigenvalue weighted by molar-refractivity contribution is 0.547. The summed E-state index contributed by atoms with van der Waals surface area (Å²) in [4.78, 5) is 2.14. The molecule has 1 fully saturated rings. The molecule has 1 aliphatic rings. The Kier molecular flexibility index (Phi) is 3.92. The van der Waals surface area contributed by atoms with E-state index in [1.807, 2.05) is 7.05 Å². The van der Waals surface area contributed by atoms with E-state index in [0.29, 0.717) is 11.6 Å². The van der Waals surface area contributed by atoms with Crippen molar-refractivity contribution in [1.29, 1.82) is 5.26 Å². The lowest BCUT2D eigenvalue weighted by atomic mass is 10.1. The molecule has 0 bridgehead atoms. The summed E-state index contributed by atoms with van der Waals surface area (Å²) in [6.07, 6.45) is 9.17. The molecule has 0 radical (unpaired) electrons. The molecule has 0 N–H and O–H groups in total. The average molecular weight is 230 g/mol. The topological polar surface area (TPSA) is 52.8 Å². The molecule has 17 heavy (non-hydrogen) atoms. The van der Waals surface area contributed by atoms with Crippen LogP contribution in [0.2, 0.25) is 0 Å². The van der Waals surface area contributed by atoms with Crippen molar-refractivity contribution in [3.05, 3.63) is 17.8 Å². The number of nitrogens with zero attached hydrogens (tertiary/aromatic N) is 4. The molecule has 4 nitrogen and oxygen atoms in total. The molecular weight excluding hydrogens is 212 g/mol. The molecule has 1 aromatic heterocycles. The van der Waals surface area contributed by atoms with Crippen LogP contribution in [0.1, 0.15) is 44.1 Å². The van der Waals surface area contributed by atoms with Gasteiger partial charge in [-0.25, -0.2) is 0 Å². The minimum Gasteiger partial charge on any atom is -0.354 e. The Morgan fingerprint density at radius 2 is 2.00 bits per heavy atom. The largest absolute Gasteiger partial charge is 0.354 e. The molecule has 0 spiro atoms. The predicted molar refractivity (Wildman–Crippen MR) is 66.6 cm³/mol. The summed E-state index contributed by atoms with van der Waals surface area (Å²) in [5, 5.41) is 17.1. The third-order valence-corrected chi connectivity index (χ3v) is 3.53. The maximum Gasteiger partial charge on any atom is 0.169 e. The molecule has 0 aliphatic heterocycles. The van der Waals surface area contributed by atoms with Crippen molar-refractivity contribution < 1.29 is 0 Å². The van der Waals surface area contributed by atoms with Crippen LogP contribution in [-0.4, -0.2) is 23.3 Å². The fraction of sp³-hybridized carbons (Fsp3) is 0.615. The summed E-state index contributed by atoms with van der Waals surface area (Å²) >= 11 is 0. The van der Waals surface area contributed by atoms with Crippen LogP contribution >= 0.6 is 0 Å². The molecular formula is C13H18N4. The van der Waals surface area contributed by atoms with Crippen molar-refractivity contribution in [3.63, 3.8) is 0 Å². The highest BCUT2D eigenvalue weighted by Gasteiger charge is 2.20. The van der Waals surface area contributed by atoms with Crippen LogP contribution in [0.3, 0.4) is 0 Å². The van der Waals surface area contributed by atoms with Crippen molar-refractivity contribution >= 4 is 5.82 Å². The van der Waals surface area contributed by atoms with Crippen LogP contribution < -0.4 is 4.90 Å². The number of anilines is 1. The third kappa shape index (κ3) is 2.73. The first-order valence-electron chi connectivity index (χ1n) is 6.27. The van der Waals surface area contributed by atoms with Gasteiger partial charge in [0.05, 0.1) is 11.8 Å². The number of rotatable bonds is 2. The average Bonchev–Trinajstić information content (AvgIpc) is 2.66. The van der Waals surface area contributed by atoms with E-state index in [1.54, 1.807) is 12.3 Å². The van der Waals surface area contributed by atoms with E-state index < -0.39 is 0 Å². The minimum absolute atomic E-state index is 0.501. The highest BCUT2D eigenvalue weighted by molar-refractivity contribution is 5.52. The molecule has 1 saturated carbocycles. The van der Waals surface area contributed by atoms with Gasteiger partial charge in [0, 0.05) is 13.1 Å². The van der Waals surface area contributed by atoms with Crippen molar-refractivity contribution in [2.45, 2.75) is 44.6 Å². The summed E-state index contributed by atoms with van der Waals surface area (Å²) < 4.78 is 0. The predicted octanol–water partition coefficient (Wildman–Crippen LogP) is 2.51. The first kappa shape index (κ1) is 11.8. The maximum absolute atomic E-state index is 9.08. The van der Waals surface area contributed by atoms with E-state index in [2.05, 4.69) is 21.2 Å². The highest BCUT2D eigenvalue weighted by Crippen LogP contribution is 2.25. The molecule has 1 aromatic rings. The van der Waals surface area contributed by atoms with Gasteiger partial charge < -0.3 is 4.90 Å². The molecule has 1 heterocycles. The number of hydrogen-bond donors (Lipinski definition) is 0. The SMILES string of the molecule is CN(c1nnccc1C#N)C1CCCCCC1. The molecule has 0 atom stereocenters. The highest BCUT2D eigenvalue weighted by atomic mass is 15.3. The molecule has 0 saturated heterocycles. The fourth-order valence-corrected chi connectivity index (χ4v) is 2.49. The Labute approximate surface area is 102 Å². The lowest BCUT2D eigenvalue weighted by Crippen LogP contribution is -2.32. The van der Waals surface area contributed by atoms with Gasteiger partial charge >= 0.3 is 0 Å². The van der Waals surface area contributed by atoms with Gasteiger partial charge in [0.25, 0.3) is 0 Å². The summed E-state index contributed by atoms with van der Waals surface area (Å²) in [7, 11) is 2.03. The van der Waals surface area contributed by atoms with Gasteiger partial charge in [0.1, 0.15) is 6.07 Å². The van der Waals surface area contributed by atoms with E-state index in [4.69, 9.17) is 5.26 Å². The van der Waals surface area contributed by atoms with Crippen LogP contribution in [-0.2, 0) is 0 Å². The second-order valence-corrected chi connectivity index (χ2v) is 4.64. The van der Waals surface area contributed by atoms with Crippen molar-refractivity contribution in [1.82, 2.24) is 10.2 Å². The zero-order valence-electron chi connectivity index (χ0n) is 10.3. The Morgan fingerprint density at radius 3 is 2.65 bits per heavy atom. The number of nitriles is 1. The van der Waals surface area contributed by atoms with Crippen LogP contribution in [0.25, 0.3) is 0 Å². The summed E-state index contributed by atoms with van der Waals surface area (Å²) in [6.45, 7) is 0. The van der Waals surface area contributed by atoms with Crippen molar-refractivity contribution in [2.24, 2.45) is 0 Å². The molecule has 0 aromatic carbocycles. The van der Waals surface area contributed by atoms with Gasteiger partial charge in [-0.3, -0.25) is 0 Å². The quantitative estimate of drug-likeness (QED) is 0.732. The van der Waals surface area contributed by atoms with E-state index in [9.17, 15) is 0 Å². The van der Waals surface area contributed by atoms with Gasteiger partial charge in [-0.15, -0.1) is 5.10 Å². The Morgan fingerprint density at radius 1 is 1.29 bits per heavy atom. The van der Waals surface area contributed by atoms with Crippen molar-refractivity contribution in [3.8, 4) is 6.07 Å². The van der Waals surface area contributed by atoms with Gasteiger partial charge in [0.2, 0.25) is 0 Å². The fourth-order valence-electron chi connectivity index (χ4n) is 2.49. The Bertz CT molecular complexity index is 402. The minimum atomic E-state index is 0.501. The molecule has 1 aliphatic carbocycles. The third-order valence-electron chi connectivity index (χ3n) is 3.53. The van der Waals surface area contributed by atoms with E-state index >= 15 is 0 Å². The Hall–Kier alpha value is -1.63. The molecule has 0 unspecified atom stereocenters. The van der Waals surface area contributed by atoms with E-state index in [-0.39, 0.29) is 0 Å². The van der Waals surface area contributed by atoms with Crippen molar-refractivity contribution in [2.75, 3.05) is 11.9 Å². The van der Waals surface area contributed by atoms with E-state index in [0.717, 1.165) is 5.82 Å². The monoisotopic (exact) mass is 230 g/mol. The standard InChI is InChI=1S/C13H18N4/c1-17(12-6-4-2-3-5-7-12)13-11(10-14)8-9-15-16-13/h8-9,12H,2-7H2,1H3. The normalized spacial score (nSPS) is 17.2. The van der Waals surface area contributed by atoms with Crippen LogP contribution in [0.5, 0.6) is 0 Å². The first-order chi connectivity index (χ1) is 8.33. The molecule has 90 valence electrons. The van der Waals surface area contributed by atoms with Crippen LogP contribution in [0.15, 0.2) is 12.3 Å². The number of hydrogen-bond acceptors (Lipinski definition) is 4. The van der Waals surface area contributed by atoms with Gasteiger partial charge in [-0.2, -0.15) is 10.4 Å². The Balaban J connectivity index is 2.17. The summed E-state index contributed by atoms with van der Waals surface area (Å²) in [5.74, 6) is 0.724. The molecule has 4 heteroatoms. The molecule has 0 amide bonds.